The monoisotopic (exact) mass is 273 g/mol. The molecule has 0 aromatic carbocycles. The highest BCUT2D eigenvalue weighted by Crippen LogP contribution is 2.22. The zero-order valence-electron chi connectivity index (χ0n) is 9.78. The lowest BCUT2D eigenvalue weighted by Crippen LogP contribution is -2.23. The summed E-state index contributed by atoms with van der Waals surface area (Å²) in [7, 11) is 0. The highest BCUT2D eigenvalue weighted by atomic mass is 35.5. The first-order chi connectivity index (χ1) is 8.16. The molecule has 6 heteroatoms. The molecule has 0 saturated heterocycles. The van der Waals surface area contributed by atoms with Gasteiger partial charge in [0.2, 0.25) is 5.95 Å². The standard InChI is InChI=1S/C11H16ClN3OS/c1-17(16)10-9(12)7-13-11(15-10)14-8-5-3-2-4-6-8/h7-8H,2-6H2,1H3,(H,13,14,15). The normalized spacial score (nSPS) is 19.0. The summed E-state index contributed by atoms with van der Waals surface area (Å²) in [4.78, 5) is 8.34. The molecule has 2 rings (SSSR count). The lowest BCUT2D eigenvalue weighted by Gasteiger charge is -2.22. The van der Waals surface area contributed by atoms with Crippen LogP contribution in [-0.4, -0.2) is 26.8 Å². The van der Waals surface area contributed by atoms with Gasteiger partial charge in [0.1, 0.15) is 11.3 Å². The number of aromatic nitrogens is 2. The van der Waals surface area contributed by atoms with Gasteiger partial charge < -0.3 is 9.87 Å². The van der Waals surface area contributed by atoms with Crippen LogP contribution in [-0.2, 0) is 11.2 Å². The van der Waals surface area contributed by atoms with Crippen molar-refractivity contribution in [1.82, 2.24) is 9.97 Å². The summed E-state index contributed by atoms with van der Waals surface area (Å²) in [5.41, 5.74) is 0. The molecule has 0 spiro atoms. The van der Waals surface area contributed by atoms with Crippen molar-refractivity contribution in [3.8, 4) is 0 Å². The van der Waals surface area contributed by atoms with E-state index < -0.39 is 11.2 Å². The number of halogens is 1. The van der Waals surface area contributed by atoms with Crippen molar-refractivity contribution in [2.24, 2.45) is 0 Å². The number of hydrogen-bond acceptors (Lipinski definition) is 4. The molecule has 17 heavy (non-hydrogen) atoms. The Balaban J connectivity index is 2.07. The minimum atomic E-state index is -1.18. The molecule has 0 bridgehead atoms. The molecule has 1 atom stereocenters. The second-order valence-electron chi connectivity index (χ2n) is 4.28. The minimum absolute atomic E-state index is 0.361. The quantitative estimate of drug-likeness (QED) is 0.679. The van der Waals surface area contributed by atoms with Crippen molar-refractivity contribution in [1.29, 1.82) is 0 Å². The van der Waals surface area contributed by atoms with Crippen LogP contribution in [0.4, 0.5) is 5.95 Å². The molecule has 1 N–H and O–H groups in total. The smallest absolute Gasteiger partial charge is 0.267 e. The Kier molecular flexibility index (Phi) is 4.48. The topological polar surface area (TPSA) is 60.9 Å². The van der Waals surface area contributed by atoms with Crippen LogP contribution in [0.25, 0.3) is 0 Å². The molecule has 0 amide bonds. The molecule has 1 fully saturated rings. The number of anilines is 1. The Morgan fingerprint density at radius 3 is 2.76 bits per heavy atom. The molecule has 1 saturated carbocycles. The van der Waals surface area contributed by atoms with E-state index >= 15 is 0 Å². The second kappa shape index (κ2) is 5.89. The number of rotatable bonds is 3. The van der Waals surface area contributed by atoms with Gasteiger partial charge in [-0.15, -0.1) is 0 Å². The summed E-state index contributed by atoms with van der Waals surface area (Å²) in [5, 5.41) is 4.05. The number of hydrogen-bond donors (Lipinski definition) is 1. The molecule has 4 nitrogen and oxygen atoms in total. The highest BCUT2D eigenvalue weighted by Gasteiger charge is 2.18. The van der Waals surface area contributed by atoms with Crippen LogP contribution in [0.15, 0.2) is 11.2 Å². The number of nitrogens with one attached hydrogen (secondary N) is 1. The molecule has 1 heterocycles. The molecule has 1 aromatic heterocycles. The van der Waals surface area contributed by atoms with Crippen molar-refractivity contribution in [3.05, 3.63) is 11.2 Å². The summed E-state index contributed by atoms with van der Waals surface area (Å²) in [6.07, 6.45) is 9.18. The van der Waals surface area contributed by atoms with E-state index in [2.05, 4.69) is 15.3 Å². The summed E-state index contributed by atoms with van der Waals surface area (Å²) >= 11 is 4.71. The third kappa shape index (κ3) is 3.47. The summed E-state index contributed by atoms with van der Waals surface area (Å²) in [6.45, 7) is 0. The van der Waals surface area contributed by atoms with Crippen LogP contribution >= 0.6 is 11.6 Å². The zero-order chi connectivity index (χ0) is 12.3. The van der Waals surface area contributed by atoms with E-state index in [0.29, 0.717) is 22.0 Å². The van der Waals surface area contributed by atoms with Gasteiger partial charge in [0, 0.05) is 17.2 Å². The zero-order valence-corrected chi connectivity index (χ0v) is 11.4. The molecule has 1 aliphatic carbocycles. The maximum absolute atomic E-state index is 11.4. The molecule has 0 radical (unpaired) electrons. The van der Waals surface area contributed by atoms with Crippen LogP contribution in [0.3, 0.4) is 0 Å². The lowest BCUT2D eigenvalue weighted by atomic mass is 9.96. The van der Waals surface area contributed by atoms with Crippen molar-refractivity contribution in [3.63, 3.8) is 0 Å². The van der Waals surface area contributed by atoms with Crippen LogP contribution < -0.4 is 5.32 Å². The van der Waals surface area contributed by atoms with E-state index in [0.717, 1.165) is 12.8 Å². The van der Waals surface area contributed by atoms with Gasteiger partial charge in [-0.25, -0.2) is 4.98 Å². The summed E-state index contributed by atoms with van der Waals surface area (Å²) in [5.74, 6) is 0.534. The molecule has 0 aliphatic heterocycles. The van der Waals surface area contributed by atoms with Gasteiger partial charge in [0.15, 0.2) is 0 Å². The fourth-order valence-electron chi connectivity index (χ4n) is 2.05. The van der Waals surface area contributed by atoms with E-state index in [1.54, 1.807) is 6.26 Å². The van der Waals surface area contributed by atoms with Crippen molar-refractivity contribution >= 4 is 28.7 Å². The molecule has 94 valence electrons. The maximum atomic E-state index is 11.4. The average molecular weight is 274 g/mol. The van der Waals surface area contributed by atoms with E-state index in [9.17, 15) is 4.55 Å². The largest absolute Gasteiger partial charge is 0.610 e. The maximum Gasteiger partial charge on any atom is 0.267 e. The second-order valence-corrected chi connectivity index (χ2v) is 5.98. The van der Waals surface area contributed by atoms with Gasteiger partial charge in [-0.1, -0.05) is 30.9 Å². The van der Waals surface area contributed by atoms with Gasteiger partial charge >= 0.3 is 0 Å². The average Bonchev–Trinajstić information content (AvgIpc) is 2.32. The van der Waals surface area contributed by atoms with Gasteiger partial charge in [-0.2, -0.15) is 4.98 Å². The fourth-order valence-corrected chi connectivity index (χ4v) is 3.01. The number of nitrogens with zero attached hydrogens (tertiary/aromatic N) is 2. The van der Waals surface area contributed by atoms with Crippen LogP contribution in [0, 0.1) is 0 Å². The lowest BCUT2D eigenvalue weighted by molar-refractivity contribution is 0.460. The predicted molar refractivity (Wildman–Crippen MR) is 69.9 cm³/mol. The fraction of sp³-hybridized carbons (Fsp3) is 0.636. The Labute approximate surface area is 109 Å². The van der Waals surface area contributed by atoms with Gasteiger partial charge in [-0.3, -0.25) is 0 Å². The molecule has 1 unspecified atom stereocenters. The van der Waals surface area contributed by atoms with Crippen LogP contribution in [0.2, 0.25) is 5.02 Å². The van der Waals surface area contributed by atoms with Crippen LogP contribution in [0.5, 0.6) is 0 Å². The SMILES string of the molecule is C[S+]([O-])c1nc(NC2CCCCC2)ncc1Cl. The first kappa shape index (κ1) is 12.9. The van der Waals surface area contributed by atoms with E-state index in [1.165, 1.54) is 25.5 Å². The van der Waals surface area contributed by atoms with Gasteiger partial charge in [0.25, 0.3) is 5.03 Å². The van der Waals surface area contributed by atoms with Crippen LogP contribution in [0.1, 0.15) is 32.1 Å². The molecular weight excluding hydrogens is 258 g/mol. The highest BCUT2D eigenvalue weighted by molar-refractivity contribution is 7.90. The summed E-state index contributed by atoms with van der Waals surface area (Å²) in [6, 6.07) is 0.433. The van der Waals surface area contributed by atoms with Crippen molar-refractivity contribution in [2.75, 3.05) is 11.6 Å². The minimum Gasteiger partial charge on any atom is -0.610 e. The van der Waals surface area contributed by atoms with Gasteiger partial charge in [-0.05, 0) is 12.8 Å². The first-order valence-electron chi connectivity index (χ1n) is 5.79. The van der Waals surface area contributed by atoms with Gasteiger partial charge in [0.05, 0.1) is 6.20 Å². The summed E-state index contributed by atoms with van der Waals surface area (Å²) < 4.78 is 11.4. The van der Waals surface area contributed by atoms with E-state index in [4.69, 9.17) is 11.6 Å². The Hall–Kier alpha value is -0.520. The van der Waals surface area contributed by atoms with E-state index in [-0.39, 0.29) is 0 Å². The Morgan fingerprint density at radius 2 is 2.12 bits per heavy atom. The molecular formula is C11H16ClN3OS. The Bertz CT molecular complexity index is 383. The molecule has 1 aliphatic rings. The third-order valence-electron chi connectivity index (χ3n) is 2.92. The Morgan fingerprint density at radius 1 is 1.41 bits per heavy atom. The predicted octanol–water partition coefficient (Wildman–Crippen LogP) is 2.61. The molecule has 1 aromatic rings. The van der Waals surface area contributed by atoms with Crippen molar-refractivity contribution in [2.45, 2.75) is 43.2 Å². The van der Waals surface area contributed by atoms with Crippen molar-refractivity contribution < 1.29 is 4.55 Å². The van der Waals surface area contributed by atoms with E-state index in [1.807, 2.05) is 0 Å². The first-order valence-corrected chi connectivity index (χ1v) is 7.73. The third-order valence-corrected chi connectivity index (χ3v) is 4.17.